The molecule has 3 heteroatoms. The molecule has 1 aliphatic rings. The van der Waals surface area contributed by atoms with E-state index in [1.165, 1.54) is 18.6 Å². The summed E-state index contributed by atoms with van der Waals surface area (Å²) in [6.07, 6.45) is 2.83. The molecular formula is C9H16O2S. The molecule has 2 nitrogen and oxygen atoms in total. The molecule has 0 bridgehead atoms. The van der Waals surface area contributed by atoms with E-state index in [2.05, 4.69) is 6.92 Å². The van der Waals surface area contributed by atoms with E-state index in [0.29, 0.717) is 18.3 Å². The number of aliphatic carboxylic acids is 1. The van der Waals surface area contributed by atoms with Crippen molar-refractivity contribution in [1.82, 2.24) is 0 Å². The number of hydrogen-bond donors (Lipinski definition) is 1. The van der Waals surface area contributed by atoms with Crippen LogP contribution in [0, 0.1) is 11.8 Å². The average Bonchev–Trinajstić information content (AvgIpc) is 2.05. The van der Waals surface area contributed by atoms with E-state index in [1.54, 1.807) is 0 Å². The maximum Gasteiger partial charge on any atom is 0.303 e. The first-order chi connectivity index (χ1) is 5.70. The molecule has 1 rings (SSSR count). The van der Waals surface area contributed by atoms with Crippen LogP contribution in [-0.4, -0.2) is 22.6 Å². The zero-order valence-corrected chi connectivity index (χ0v) is 8.27. The Morgan fingerprint density at radius 2 is 2.50 bits per heavy atom. The molecule has 0 aromatic rings. The molecule has 1 heterocycles. The Balaban J connectivity index is 2.29. The molecule has 2 unspecified atom stereocenters. The molecule has 1 saturated heterocycles. The molecule has 1 aliphatic heterocycles. The van der Waals surface area contributed by atoms with Crippen molar-refractivity contribution in [2.45, 2.75) is 26.2 Å². The fraction of sp³-hybridized carbons (Fsp3) is 0.889. The van der Waals surface area contributed by atoms with E-state index in [1.807, 2.05) is 11.8 Å². The minimum absolute atomic E-state index is 0.339. The van der Waals surface area contributed by atoms with Crippen molar-refractivity contribution in [3.05, 3.63) is 0 Å². The van der Waals surface area contributed by atoms with Gasteiger partial charge >= 0.3 is 5.97 Å². The Labute approximate surface area is 77.7 Å². The fourth-order valence-corrected chi connectivity index (χ4v) is 2.99. The van der Waals surface area contributed by atoms with Crippen LogP contribution in [0.4, 0.5) is 0 Å². The van der Waals surface area contributed by atoms with Crippen molar-refractivity contribution >= 4 is 17.7 Å². The third kappa shape index (κ3) is 3.05. The highest BCUT2D eigenvalue weighted by Crippen LogP contribution is 2.29. The number of hydrogen-bond acceptors (Lipinski definition) is 2. The third-order valence-electron chi connectivity index (χ3n) is 2.50. The van der Waals surface area contributed by atoms with Gasteiger partial charge in [-0.3, -0.25) is 4.79 Å². The lowest BCUT2D eigenvalue weighted by Crippen LogP contribution is -2.20. The normalized spacial score (nSPS) is 26.6. The largest absolute Gasteiger partial charge is 0.481 e. The van der Waals surface area contributed by atoms with Crippen LogP contribution in [0.5, 0.6) is 0 Å². The van der Waals surface area contributed by atoms with Gasteiger partial charge in [0.15, 0.2) is 0 Å². The van der Waals surface area contributed by atoms with Gasteiger partial charge in [0.2, 0.25) is 0 Å². The zero-order chi connectivity index (χ0) is 8.97. The molecule has 0 saturated carbocycles. The first kappa shape index (κ1) is 9.90. The van der Waals surface area contributed by atoms with Crippen LogP contribution in [0.1, 0.15) is 26.2 Å². The number of carboxylic acid groups (broad SMARTS) is 1. The molecule has 70 valence electrons. The summed E-state index contributed by atoms with van der Waals surface area (Å²) < 4.78 is 0. The SMILES string of the molecule is CC(CC(=O)O)C1CCCSC1. The maximum absolute atomic E-state index is 10.4. The standard InChI is InChI=1S/C9H16O2S/c1-7(5-9(10)11)8-3-2-4-12-6-8/h7-8H,2-6H2,1H3,(H,10,11). The van der Waals surface area contributed by atoms with Gasteiger partial charge in [-0.15, -0.1) is 0 Å². The van der Waals surface area contributed by atoms with E-state index < -0.39 is 5.97 Å². The van der Waals surface area contributed by atoms with Gasteiger partial charge in [0.1, 0.15) is 0 Å². The van der Waals surface area contributed by atoms with Crippen molar-refractivity contribution in [3.8, 4) is 0 Å². The summed E-state index contributed by atoms with van der Waals surface area (Å²) in [5.74, 6) is 2.76. The van der Waals surface area contributed by atoms with Gasteiger partial charge in [0, 0.05) is 6.42 Å². The quantitative estimate of drug-likeness (QED) is 0.738. The minimum Gasteiger partial charge on any atom is -0.481 e. The second kappa shape index (κ2) is 4.75. The molecule has 0 aromatic heterocycles. The van der Waals surface area contributed by atoms with E-state index in [9.17, 15) is 4.79 Å². The molecule has 0 aliphatic carbocycles. The second-order valence-electron chi connectivity index (χ2n) is 3.55. The summed E-state index contributed by atoms with van der Waals surface area (Å²) in [6, 6.07) is 0. The van der Waals surface area contributed by atoms with E-state index in [4.69, 9.17) is 5.11 Å². The van der Waals surface area contributed by atoms with Gasteiger partial charge in [-0.1, -0.05) is 6.92 Å². The lowest BCUT2D eigenvalue weighted by atomic mass is 9.89. The molecule has 2 atom stereocenters. The molecular weight excluding hydrogens is 172 g/mol. The average molecular weight is 188 g/mol. The van der Waals surface area contributed by atoms with Crippen LogP contribution in [0.3, 0.4) is 0 Å². The van der Waals surface area contributed by atoms with Crippen LogP contribution >= 0.6 is 11.8 Å². The Morgan fingerprint density at radius 3 is 3.00 bits per heavy atom. The highest BCUT2D eigenvalue weighted by atomic mass is 32.2. The summed E-state index contributed by atoms with van der Waals surface area (Å²) in [5, 5.41) is 8.61. The predicted octanol–water partition coefficient (Wildman–Crippen LogP) is 2.24. The topological polar surface area (TPSA) is 37.3 Å². The van der Waals surface area contributed by atoms with Crippen LogP contribution < -0.4 is 0 Å². The Morgan fingerprint density at radius 1 is 1.75 bits per heavy atom. The van der Waals surface area contributed by atoms with Crippen molar-refractivity contribution in [1.29, 1.82) is 0 Å². The zero-order valence-electron chi connectivity index (χ0n) is 7.45. The fourth-order valence-electron chi connectivity index (χ4n) is 1.66. The molecule has 12 heavy (non-hydrogen) atoms. The van der Waals surface area contributed by atoms with E-state index in [-0.39, 0.29) is 0 Å². The van der Waals surface area contributed by atoms with Gasteiger partial charge in [0.25, 0.3) is 0 Å². The van der Waals surface area contributed by atoms with Gasteiger partial charge in [0.05, 0.1) is 0 Å². The Kier molecular flexibility index (Phi) is 3.92. The van der Waals surface area contributed by atoms with Crippen molar-refractivity contribution in [2.75, 3.05) is 11.5 Å². The Bertz CT molecular complexity index is 153. The highest BCUT2D eigenvalue weighted by Gasteiger charge is 2.21. The summed E-state index contributed by atoms with van der Waals surface area (Å²) in [5.41, 5.74) is 0. The molecule has 0 radical (unpaired) electrons. The second-order valence-corrected chi connectivity index (χ2v) is 4.70. The van der Waals surface area contributed by atoms with Gasteiger partial charge in [-0.25, -0.2) is 0 Å². The summed E-state index contributed by atoms with van der Waals surface area (Å²) in [6.45, 7) is 2.06. The highest BCUT2D eigenvalue weighted by molar-refractivity contribution is 7.99. The number of carbonyl (C=O) groups is 1. The van der Waals surface area contributed by atoms with Crippen LogP contribution in [0.15, 0.2) is 0 Å². The minimum atomic E-state index is -0.655. The summed E-state index contributed by atoms with van der Waals surface area (Å²) >= 11 is 1.97. The van der Waals surface area contributed by atoms with Crippen LogP contribution in [0.25, 0.3) is 0 Å². The lowest BCUT2D eigenvalue weighted by Gasteiger charge is -2.26. The maximum atomic E-state index is 10.4. The van der Waals surface area contributed by atoms with Gasteiger partial charge < -0.3 is 5.11 Å². The third-order valence-corrected chi connectivity index (χ3v) is 3.74. The molecule has 0 spiro atoms. The van der Waals surface area contributed by atoms with Gasteiger partial charge in [-0.2, -0.15) is 11.8 Å². The smallest absolute Gasteiger partial charge is 0.303 e. The van der Waals surface area contributed by atoms with Crippen LogP contribution in [0.2, 0.25) is 0 Å². The number of thioether (sulfide) groups is 1. The van der Waals surface area contributed by atoms with E-state index in [0.717, 1.165) is 5.75 Å². The summed E-state index contributed by atoms with van der Waals surface area (Å²) in [4.78, 5) is 10.4. The van der Waals surface area contributed by atoms with Crippen LogP contribution in [-0.2, 0) is 4.79 Å². The predicted molar refractivity (Wildman–Crippen MR) is 51.5 cm³/mol. The first-order valence-electron chi connectivity index (χ1n) is 4.49. The van der Waals surface area contributed by atoms with E-state index >= 15 is 0 Å². The first-order valence-corrected chi connectivity index (χ1v) is 5.65. The molecule has 1 N–H and O–H groups in total. The molecule has 0 aromatic carbocycles. The van der Waals surface area contributed by atoms with Crippen molar-refractivity contribution in [3.63, 3.8) is 0 Å². The number of carboxylic acids is 1. The Hall–Kier alpha value is -0.180. The lowest BCUT2D eigenvalue weighted by molar-refractivity contribution is -0.138. The van der Waals surface area contributed by atoms with Gasteiger partial charge in [-0.05, 0) is 36.2 Å². The van der Waals surface area contributed by atoms with Crippen molar-refractivity contribution in [2.24, 2.45) is 11.8 Å². The molecule has 0 amide bonds. The van der Waals surface area contributed by atoms with Crippen molar-refractivity contribution < 1.29 is 9.90 Å². The summed E-state index contributed by atoms with van der Waals surface area (Å²) in [7, 11) is 0. The monoisotopic (exact) mass is 188 g/mol. The molecule has 1 fully saturated rings. The number of rotatable bonds is 3.